The Labute approximate surface area is 193 Å². The first-order chi connectivity index (χ1) is 16.2. The molecular weight excluding hydrogens is 442 g/mol. The van der Waals surface area contributed by atoms with E-state index in [1.807, 2.05) is 12.1 Å². The molecule has 0 radical (unpaired) electrons. The third-order valence-corrected chi connectivity index (χ3v) is 6.84. The van der Waals surface area contributed by atoms with Crippen LogP contribution in [0.2, 0.25) is 0 Å². The van der Waals surface area contributed by atoms with E-state index < -0.39 is 0 Å². The Morgan fingerprint density at radius 3 is 2.73 bits per heavy atom. The van der Waals surface area contributed by atoms with Crippen molar-refractivity contribution in [2.24, 2.45) is 0 Å². The van der Waals surface area contributed by atoms with Gasteiger partial charge in [0.1, 0.15) is 16.2 Å². The van der Waals surface area contributed by atoms with Gasteiger partial charge in [0.2, 0.25) is 0 Å². The zero-order valence-electron chi connectivity index (χ0n) is 17.9. The van der Waals surface area contributed by atoms with Crippen molar-refractivity contribution in [1.82, 2.24) is 20.2 Å². The van der Waals surface area contributed by atoms with E-state index in [0.717, 1.165) is 60.8 Å². The normalized spacial score (nSPS) is 16.6. The molecule has 2 fully saturated rings. The molecule has 0 bridgehead atoms. The van der Waals surface area contributed by atoms with Crippen LogP contribution in [0.1, 0.15) is 23.3 Å². The van der Waals surface area contributed by atoms with E-state index in [-0.39, 0.29) is 5.91 Å². The zero-order chi connectivity index (χ0) is 22.2. The van der Waals surface area contributed by atoms with E-state index in [4.69, 9.17) is 14.1 Å². The van der Waals surface area contributed by atoms with Gasteiger partial charge in [0, 0.05) is 49.4 Å². The highest BCUT2D eigenvalue weighted by atomic mass is 32.1. The highest BCUT2D eigenvalue weighted by Gasteiger charge is 2.23. The van der Waals surface area contributed by atoms with Crippen molar-refractivity contribution in [3.63, 3.8) is 0 Å². The number of hydrogen-bond donors (Lipinski definition) is 2. The number of rotatable bonds is 5. The Balaban J connectivity index is 1.32. The summed E-state index contributed by atoms with van der Waals surface area (Å²) in [6, 6.07) is 4.48. The molecule has 0 atom stereocenters. The molecule has 6 rings (SSSR count). The van der Waals surface area contributed by atoms with Gasteiger partial charge in [-0.2, -0.15) is 10.1 Å². The Kier molecular flexibility index (Phi) is 5.19. The van der Waals surface area contributed by atoms with Gasteiger partial charge in [-0.15, -0.1) is 11.3 Å². The van der Waals surface area contributed by atoms with Crippen LogP contribution in [0.15, 0.2) is 34.3 Å². The second-order valence-electron chi connectivity index (χ2n) is 8.11. The van der Waals surface area contributed by atoms with Gasteiger partial charge >= 0.3 is 0 Å². The number of benzene rings is 1. The summed E-state index contributed by atoms with van der Waals surface area (Å²) in [5.74, 6) is -0.256. The number of H-pyrrole nitrogens is 1. The summed E-state index contributed by atoms with van der Waals surface area (Å²) in [6.45, 7) is 4.71. The molecule has 2 N–H and O–H groups in total. The Bertz CT molecular complexity index is 1270. The number of morpholine rings is 1. The highest BCUT2D eigenvalue weighted by Crippen LogP contribution is 2.35. The predicted molar refractivity (Wildman–Crippen MR) is 126 cm³/mol. The molecule has 10 nitrogen and oxygen atoms in total. The van der Waals surface area contributed by atoms with Gasteiger partial charge in [0.15, 0.2) is 5.58 Å². The maximum absolute atomic E-state index is 13.1. The number of anilines is 3. The van der Waals surface area contributed by atoms with E-state index in [1.165, 1.54) is 11.3 Å². The number of hydrogen-bond acceptors (Lipinski definition) is 9. The first-order valence-electron chi connectivity index (χ1n) is 11.0. The predicted octanol–water partition coefficient (Wildman–Crippen LogP) is 3.36. The van der Waals surface area contributed by atoms with Gasteiger partial charge in [-0.25, -0.2) is 4.98 Å². The summed E-state index contributed by atoms with van der Waals surface area (Å²) in [4.78, 5) is 26.7. The highest BCUT2D eigenvalue weighted by molar-refractivity contribution is 7.13. The molecule has 5 heterocycles. The number of aromatic nitrogens is 4. The number of fused-ring (bicyclic) bond motifs is 1. The summed E-state index contributed by atoms with van der Waals surface area (Å²) >= 11 is 1.41. The number of oxazole rings is 1. The maximum atomic E-state index is 13.1. The molecule has 11 heteroatoms. The largest absolute Gasteiger partial charge is 0.423 e. The van der Waals surface area contributed by atoms with E-state index in [1.54, 1.807) is 17.8 Å². The number of aromatic amines is 1. The molecule has 0 aliphatic carbocycles. The van der Waals surface area contributed by atoms with Crippen molar-refractivity contribution in [1.29, 1.82) is 0 Å². The molecule has 1 aromatic carbocycles. The minimum absolute atomic E-state index is 0.256. The van der Waals surface area contributed by atoms with Gasteiger partial charge in [0.25, 0.3) is 11.9 Å². The first-order valence-corrected chi connectivity index (χ1v) is 11.9. The number of ether oxygens (including phenoxy) is 1. The quantitative estimate of drug-likeness (QED) is 0.461. The number of carbonyl (C=O) groups is 1. The van der Waals surface area contributed by atoms with Crippen molar-refractivity contribution < 1.29 is 13.9 Å². The van der Waals surface area contributed by atoms with Crippen molar-refractivity contribution >= 4 is 45.7 Å². The molecular formula is C22H23N7O3S. The lowest BCUT2D eigenvalue weighted by molar-refractivity contribution is 0.102. The average molecular weight is 466 g/mol. The Morgan fingerprint density at radius 1 is 1.09 bits per heavy atom. The summed E-state index contributed by atoms with van der Waals surface area (Å²) < 4.78 is 11.5. The van der Waals surface area contributed by atoms with Gasteiger partial charge in [-0.3, -0.25) is 9.89 Å². The van der Waals surface area contributed by atoms with Crippen LogP contribution in [-0.4, -0.2) is 65.5 Å². The first kappa shape index (κ1) is 20.2. The molecule has 2 saturated heterocycles. The molecule has 0 saturated carbocycles. The third-order valence-electron chi connectivity index (χ3n) is 5.95. The van der Waals surface area contributed by atoms with Crippen molar-refractivity contribution in [3.05, 3.63) is 35.6 Å². The van der Waals surface area contributed by atoms with Crippen LogP contribution in [-0.2, 0) is 4.74 Å². The van der Waals surface area contributed by atoms with Crippen LogP contribution in [0.3, 0.4) is 0 Å². The minimum atomic E-state index is -0.256. The lowest BCUT2D eigenvalue weighted by atomic mass is 10.2. The zero-order valence-corrected chi connectivity index (χ0v) is 18.7. The van der Waals surface area contributed by atoms with E-state index in [2.05, 4.69) is 30.3 Å². The maximum Gasteiger partial charge on any atom is 0.298 e. The minimum Gasteiger partial charge on any atom is -0.423 e. The van der Waals surface area contributed by atoms with Crippen molar-refractivity contribution in [2.45, 2.75) is 12.8 Å². The summed E-state index contributed by atoms with van der Waals surface area (Å²) in [5, 5.41) is 12.3. The number of nitrogens with one attached hydrogen (secondary N) is 2. The molecule has 33 heavy (non-hydrogen) atoms. The third kappa shape index (κ3) is 3.93. The fourth-order valence-electron chi connectivity index (χ4n) is 4.23. The standard InChI is InChI=1S/C22H23N7O3S/c30-20(17-13-33-21(26-17)14-11-23-24-12-14)25-15-10-19-16(9-18(15)28-3-1-2-4-28)27-22(32-19)29-5-7-31-8-6-29/h9-13H,1-8H2,(H,23,24)(H,25,30). The van der Waals surface area contributed by atoms with E-state index >= 15 is 0 Å². The molecule has 0 spiro atoms. The number of carbonyl (C=O) groups excluding carboxylic acids is 1. The van der Waals surface area contributed by atoms with Gasteiger partial charge in [-0.1, -0.05) is 0 Å². The summed E-state index contributed by atoms with van der Waals surface area (Å²) in [7, 11) is 0. The molecule has 0 unspecified atom stereocenters. The molecule has 1 amide bonds. The number of nitrogens with zero attached hydrogens (tertiary/aromatic N) is 5. The molecule has 4 aromatic rings. The smallest absolute Gasteiger partial charge is 0.298 e. The van der Waals surface area contributed by atoms with Crippen LogP contribution in [0.25, 0.3) is 21.7 Å². The molecule has 170 valence electrons. The fourth-order valence-corrected chi connectivity index (χ4v) is 5.01. The lowest BCUT2D eigenvalue weighted by Crippen LogP contribution is -2.36. The van der Waals surface area contributed by atoms with E-state index in [9.17, 15) is 4.79 Å². The monoisotopic (exact) mass is 465 g/mol. The molecule has 3 aromatic heterocycles. The van der Waals surface area contributed by atoms with Crippen molar-refractivity contribution in [3.8, 4) is 10.6 Å². The topological polar surface area (TPSA) is 112 Å². The average Bonchev–Trinajstić information content (AvgIpc) is 3.64. The molecule has 2 aliphatic rings. The van der Waals surface area contributed by atoms with E-state index in [0.29, 0.717) is 36.2 Å². The number of amides is 1. The van der Waals surface area contributed by atoms with Gasteiger partial charge in [0.05, 0.1) is 30.8 Å². The molecule has 2 aliphatic heterocycles. The second-order valence-corrected chi connectivity index (χ2v) is 8.96. The Morgan fingerprint density at radius 2 is 1.94 bits per heavy atom. The van der Waals surface area contributed by atoms with Crippen LogP contribution in [0.4, 0.5) is 17.4 Å². The number of thiazole rings is 1. The van der Waals surface area contributed by atoms with Gasteiger partial charge in [-0.05, 0) is 18.9 Å². The van der Waals surface area contributed by atoms with Crippen LogP contribution >= 0.6 is 11.3 Å². The fraction of sp³-hybridized carbons (Fsp3) is 0.364. The lowest BCUT2D eigenvalue weighted by Gasteiger charge is -2.24. The Hall–Kier alpha value is -3.44. The van der Waals surface area contributed by atoms with Crippen LogP contribution < -0.4 is 15.1 Å². The van der Waals surface area contributed by atoms with Crippen molar-refractivity contribution in [2.75, 3.05) is 54.5 Å². The summed E-state index contributed by atoms with van der Waals surface area (Å²) in [5.41, 5.74) is 4.32. The van der Waals surface area contributed by atoms with Crippen LogP contribution in [0, 0.1) is 0 Å². The van der Waals surface area contributed by atoms with Crippen LogP contribution in [0.5, 0.6) is 0 Å². The summed E-state index contributed by atoms with van der Waals surface area (Å²) in [6.07, 6.45) is 5.71. The van der Waals surface area contributed by atoms with Gasteiger partial charge < -0.3 is 24.3 Å². The second kappa shape index (κ2) is 8.49. The SMILES string of the molecule is O=C(Nc1cc2oc(N3CCOCC3)nc2cc1N1CCCC1)c1csc(-c2cn[nH]c2)n1.